The number of rotatable bonds is 5. The average molecular weight is 213 g/mol. The third-order valence-corrected chi connectivity index (χ3v) is 2.33. The van der Waals surface area contributed by atoms with Gasteiger partial charge in [0.05, 0.1) is 0 Å². The van der Waals surface area contributed by atoms with Crippen molar-refractivity contribution in [1.29, 1.82) is 0 Å². The Kier molecular flexibility index (Phi) is 5.97. The van der Waals surface area contributed by atoms with Crippen molar-refractivity contribution in [3.8, 4) is 0 Å². The van der Waals surface area contributed by atoms with Crippen molar-refractivity contribution in [3.05, 3.63) is 72.4 Å². The van der Waals surface area contributed by atoms with E-state index >= 15 is 0 Å². The second kappa shape index (κ2) is 7.66. The summed E-state index contributed by atoms with van der Waals surface area (Å²) < 4.78 is 0. The molecule has 1 heteroatoms. The molecule has 0 radical (unpaired) electrons. The zero-order valence-electron chi connectivity index (χ0n) is 9.71. The lowest BCUT2D eigenvalue weighted by molar-refractivity contribution is 0.968. The molecule has 0 spiro atoms. The summed E-state index contributed by atoms with van der Waals surface area (Å²) in [7, 11) is 0. The van der Waals surface area contributed by atoms with E-state index in [1.165, 1.54) is 5.56 Å². The number of allylic oxidation sites excluding steroid dienone is 5. The molecule has 0 amide bonds. The average Bonchev–Trinajstić information content (AvgIpc) is 2.34. The Morgan fingerprint density at radius 3 is 2.44 bits per heavy atom. The molecule has 0 heterocycles. The summed E-state index contributed by atoms with van der Waals surface area (Å²) in [6, 6.07) is 10.5. The molecule has 0 aliphatic rings. The van der Waals surface area contributed by atoms with Crippen LogP contribution >= 0.6 is 0 Å². The van der Waals surface area contributed by atoms with E-state index in [1.54, 1.807) is 0 Å². The van der Waals surface area contributed by atoms with Crippen LogP contribution in [0.15, 0.2) is 66.8 Å². The minimum atomic E-state index is 0.448. The smallest absolute Gasteiger partial charge is 0.0109 e. The predicted octanol–water partition coefficient (Wildman–Crippen LogP) is 3.42. The lowest BCUT2D eigenvalue weighted by atomic mass is 10.0. The van der Waals surface area contributed by atoms with Gasteiger partial charge >= 0.3 is 0 Å². The summed E-state index contributed by atoms with van der Waals surface area (Å²) in [5, 5.41) is 0. The molecule has 0 aliphatic heterocycles. The molecule has 0 saturated heterocycles. The quantitative estimate of drug-likeness (QED) is 0.745. The van der Waals surface area contributed by atoms with Crippen LogP contribution in [-0.4, -0.2) is 6.54 Å². The first-order chi connectivity index (χ1) is 7.84. The minimum Gasteiger partial charge on any atom is -0.327 e. The first-order valence-corrected chi connectivity index (χ1v) is 5.59. The zero-order chi connectivity index (χ0) is 11.6. The molecule has 0 aliphatic carbocycles. The van der Waals surface area contributed by atoms with E-state index in [0.717, 1.165) is 0 Å². The fourth-order valence-corrected chi connectivity index (χ4v) is 1.38. The molecule has 0 bridgehead atoms. The summed E-state index contributed by atoms with van der Waals surface area (Å²) in [5.41, 5.74) is 6.67. The van der Waals surface area contributed by atoms with Gasteiger partial charge in [-0.3, -0.25) is 0 Å². The maximum atomic E-state index is 5.33. The molecule has 1 atom stereocenters. The lowest BCUT2D eigenvalue weighted by Crippen LogP contribution is -1.91. The van der Waals surface area contributed by atoms with E-state index < -0.39 is 0 Å². The van der Waals surface area contributed by atoms with Crippen LogP contribution in [0.4, 0.5) is 0 Å². The molecule has 1 unspecified atom stereocenters. The van der Waals surface area contributed by atoms with Crippen molar-refractivity contribution in [1.82, 2.24) is 0 Å². The van der Waals surface area contributed by atoms with Crippen molar-refractivity contribution in [2.24, 2.45) is 5.73 Å². The molecule has 1 aromatic rings. The molecule has 16 heavy (non-hydrogen) atoms. The van der Waals surface area contributed by atoms with Gasteiger partial charge in [-0.25, -0.2) is 0 Å². The van der Waals surface area contributed by atoms with Crippen LogP contribution in [0.25, 0.3) is 0 Å². The van der Waals surface area contributed by atoms with Crippen LogP contribution in [0.5, 0.6) is 0 Å². The monoisotopic (exact) mass is 213 g/mol. The third kappa shape index (κ3) is 4.76. The van der Waals surface area contributed by atoms with Gasteiger partial charge in [0.1, 0.15) is 0 Å². The Bertz CT molecular complexity index is 360. The Morgan fingerprint density at radius 2 is 1.75 bits per heavy atom. The largest absolute Gasteiger partial charge is 0.327 e. The van der Waals surface area contributed by atoms with Crippen LogP contribution in [0.1, 0.15) is 18.4 Å². The van der Waals surface area contributed by atoms with Gasteiger partial charge in [0, 0.05) is 6.54 Å². The van der Waals surface area contributed by atoms with Crippen LogP contribution in [0.2, 0.25) is 0 Å². The van der Waals surface area contributed by atoms with Crippen LogP contribution in [-0.2, 0) is 0 Å². The van der Waals surface area contributed by atoms with E-state index in [0.29, 0.717) is 12.5 Å². The molecule has 0 aromatic heterocycles. The number of benzene rings is 1. The standard InChI is InChI=1S/C15H19N/c1-14(15-11-7-5-8-12-15)10-6-3-2-4-9-13-16/h2-12,14H,13,16H2,1H3/b3-2-,9-4-,10-6+. The lowest BCUT2D eigenvalue weighted by Gasteiger charge is -2.04. The van der Waals surface area contributed by atoms with Crippen molar-refractivity contribution >= 4 is 0 Å². The Balaban J connectivity index is 2.45. The third-order valence-electron chi connectivity index (χ3n) is 2.33. The predicted molar refractivity (Wildman–Crippen MR) is 71.3 cm³/mol. The molecule has 0 saturated carbocycles. The fraction of sp³-hybridized carbons (Fsp3) is 0.200. The van der Waals surface area contributed by atoms with E-state index in [1.807, 2.05) is 30.4 Å². The van der Waals surface area contributed by atoms with Crippen LogP contribution in [0.3, 0.4) is 0 Å². The summed E-state index contributed by atoms with van der Waals surface area (Å²) in [6.07, 6.45) is 12.1. The van der Waals surface area contributed by atoms with E-state index in [9.17, 15) is 0 Å². The first-order valence-electron chi connectivity index (χ1n) is 5.59. The Hall–Kier alpha value is -1.60. The van der Waals surface area contributed by atoms with E-state index in [4.69, 9.17) is 5.73 Å². The van der Waals surface area contributed by atoms with Crippen LogP contribution < -0.4 is 5.73 Å². The summed E-state index contributed by atoms with van der Waals surface area (Å²) in [4.78, 5) is 0. The van der Waals surface area contributed by atoms with Gasteiger partial charge < -0.3 is 5.73 Å². The second-order valence-electron chi connectivity index (χ2n) is 3.63. The normalized spacial score (nSPS) is 14.1. The van der Waals surface area contributed by atoms with Gasteiger partial charge in [0.2, 0.25) is 0 Å². The van der Waals surface area contributed by atoms with Crippen molar-refractivity contribution in [3.63, 3.8) is 0 Å². The van der Waals surface area contributed by atoms with Gasteiger partial charge in [-0.15, -0.1) is 0 Å². The van der Waals surface area contributed by atoms with Gasteiger partial charge in [-0.05, 0) is 11.5 Å². The van der Waals surface area contributed by atoms with Crippen LogP contribution in [0, 0.1) is 0 Å². The first kappa shape index (κ1) is 12.5. The topological polar surface area (TPSA) is 26.0 Å². The Labute approximate surface area is 98.0 Å². The van der Waals surface area contributed by atoms with Gasteiger partial charge in [-0.2, -0.15) is 0 Å². The fourth-order valence-electron chi connectivity index (χ4n) is 1.38. The highest BCUT2D eigenvalue weighted by atomic mass is 14.5. The number of hydrogen-bond acceptors (Lipinski definition) is 1. The second-order valence-corrected chi connectivity index (χ2v) is 3.63. The SMILES string of the molecule is CC(/C=C/C=C\C=C/CN)c1ccccc1. The van der Waals surface area contributed by atoms with Gasteiger partial charge in [-0.1, -0.05) is 73.7 Å². The van der Waals surface area contributed by atoms with Gasteiger partial charge in [0.25, 0.3) is 0 Å². The molecule has 1 rings (SSSR count). The highest BCUT2D eigenvalue weighted by molar-refractivity contribution is 5.24. The highest BCUT2D eigenvalue weighted by Crippen LogP contribution is 2.15. The molecule has 0 fully saturated rings. The summed E-state index contributed by atoms with van der Waals surface area (Å²) in [5.74, 6) is 0.448. The molecular formula is C15H19N. The zero-order valence-corrected chi connectivity index (χ0v) is 9.71. The molecular weight excluding hydrogens is 194 g/mol. The van der Waals surface area contributed by atoms with Crippen molar-refractivity contribution in [2.75, 3.05) is 6.54 Å². The number of hydrogen-bond donors (Lipinski definition) is 1. The Morgan fingerprint density at radius 1 is 1.06 bits per heavy atom. The number of nitrogens with two attached hydrogens (primary N) is 1. The maximum absolute atomic E-state index is 5.33. The molecule has 84 valence electrons. The summed E-state index contributed by atoms with van der Waals surface area (Å²) in [6.45, 7) is 2.78. The van der Waals surface area contributed by atoms with Crippen molar-refractivity contribution < 1.29 is 0 Å². The minimum absolute atomic E-state index is 0.448. The molecule has 2 N–H and O–H groups in total. The maximum Gasteiger partial charge on any atom is 0.0109 e. The van der Waals surface area contributed by atoms with E-state index in [-0.39, 0.29) is 0 Å². The van der Waals surface area contributed by atoms with E-state index in [2.05, 4.69) is 43.3 Å². The highest BCUT2D eigenvalue weighted by Gasteiger charge is 1.97. The summed E-state index contributed by atoms with van der Waals surface area (Å²) >= 11 is 0. The molecule has 1 nitrogen and oxygen atoms in total. The van der Waals surface area contributed by atoms with Crippen molar-refractivity contribution in [2.45, 2.75) is 12.8 Å². The van der Waals surface area contributed by atoms with Gasteiger partial charge in [0.15, 0.2) is 0 Å². The molecule has 1 aromatic carbocycles.